The zero-order valence-electron chi connectivity index (χ0n) is 16.2. The van der Waals surface area contributed by atoms with Crippen LogP contribution in [0.15, 0.2) is 53.7 Å². The fourth-order valence-electron chi connectivity index (χ4n) is 3.94. The number of aromatic nitrogens is 5. The molecule has 0 unspecified atom stereocenters. The minimum Gasteiger partial charge on any atom is -0.340 e. The average molecular weight is 439 g/mol. The van der Waals surface area contributed by atoms with E-state index in [1.165, 1.54) is 9.69 Å². The number of nitrogens with one attached hydrogen (secondary N) is 1. The van der Waals surface area contributed by atoms with Gasteiger partial charge in [-0.15, -0.1) is 11.8 Å². The third-order valence-corrected chi connectivity index (χ3v) is 6.32. The molecule has 3 heterocycles. The first kappa shape index (κ1) is 19.1. The van der Waals surface area contributed by atoms with Crippen LogP contribution in [-0.2, 0) is 0 Å². The number of fused-ring (bicyclic) bond motifs is 1. The van der Waals surface area contributed by atoms with E-state index in [-0.39, 0.29) is 11.9 Å². The van der Waals surface area contributed by atoms with E-state index in [4.69, 9.17) is 16.6 Å². The second kappa shape index (κ2) is 7.77. The van der Waals surface area contributed by atoms with Gasteiger partial charge in [-0.05, 0) is 55.5 Å². The summed E-state index contributed by atoms with van der Waals surface area (Å²) in [5.41, 5.74) is 2.98. The van der Waals surface area contributed by atoms with Gasteiger partial charge in [-0.1, -0.05) is 11.6 Å². The highest BCUT2D eigenvalue weighted by Crippen LogP contribution is 2.34. The molecule has 0 radical (unpaired) electrons. The molecule has 1 aliphatic heterocycles. The zero-order chi connectivity index (χ0) is 20.7. The van der Waals surface area contributed by atoms with Gasteiger partial charge >= 0.3 is 0 Å². The summed E-state index contributed by atoms with van der Waals surface area (Å²) in [7, 11) is 0. The van der Waals surface area contributed by atoms with Gasteiger partial charge in [0, 0.05) is 16.5 Å². The van der Waals surface area contributed by atoms with Crippen LogP contribution < -0.4 is 0 Å². The number of benzene rings is 2. The summed E-state index contributed by atoms with van der Waals surface area (Å²) >= 11 is 7.91. The first-order valence-electron chi connectivity index (χ1n) is 9.65. The lowest BCUT2D eigenvalue weighted by molar-refractivity contribution is 0.0730. The van der Waals surface area contributed by atoms with E-state index < -0.39 is 0 Å². The predicted molar refractivity (Wildman–Crippen MR) is 117 cm³/mol. The highest BCUT2D eigenvalue weighted by Gasteiger charge is 2.34. The molecule has 0 spiro atoms. The van der Waals surface area contributed by atoms with Gasteiger partial charge in [-0.2, -0.15) is 15.0 Å². The first-order valence-corrected chi connectivity index (χ1v) is 11.2. The van der Waals surface area contributed by atoms with Crippen molar-refractivity contribution in [1.82, 2.24) is 29.9 Å². The molecule has 0 bridgehead atoms. The number of halogens is 1. The number of aromatic amines is 1. The van der Waals surface area contributed by atoms with Crippen molar-refractivity contribution in [2.45, 2.75) is 23.8 Å². The van der Waals surface area contributed by atoms with Crippen LogP contribution in [0.25, 0.3) is 16.7 Å². The molecule has 0 saturated carbocycles. The number of rotatable bonds is 4. The van der Waals surface area contributed by atoms with Crippen molar-refractivity contribution in [3.8, 4) is 5.69 Å². The van der Waals surface area contributed by atoms with Crippen molar-refractivity contribution in [2.75, 3.05) is 12.8 Å². The lowest BCUT2D eigenvalue weighted by Gasteiger charge is -2.24. The van der Waals surface area contributed by atoms with E-state index in [9.17, 15) is 4.79 Å². The Kier molecular flexibility index (Phi) is 4.96. The lowest BCUT2D eigenvalue weighted by Crippen LogP contribution is -2.32. The van der Waals surface area contributed by atoms with Crippen molar-refractivity contribution in [3.63, 3.8) is 0 Å². The largest absolute Gasteiger partial charge is 0.340 e. The number of carbonyl (C=O) groups excluding carboxylic acids is 1. The molecule has 9 heteroatoms. The highest BCUT2D eigenvalue weighted by molar-refractivity contribution is 7.98. The number of H-pyrrole nitrogens is 1. The molecule has 2 aromatic heterocycles. The van der Waals surface area contributed by atoms with Gasteiger partial charge in [0.15, 0.2) is 0 Å². The Labute approximate surface area is 182 Å². The van der Waals surface area contributed by atoms with Gasteiger partial charge in [-0.25, -0.2) is 4.98 Å². The van der Waals surface area contributed by atoms with Crippen LogP contribution in [0.1, 0.15) is 35.1 Å². The number of hydrogen-bond acceptors (Lipinski definition) is 5. The summed E-state index contributed by atoms with van der Waals surface area (Å²) in [5.74, 6) is 0.715. The third-order valence-electron chi connectivity index (χ3n) is 5.36. The third kappa shape index (κ3) is 3.36. The van der Waals surface area contributed by atoms with Gasteiger partial charge in [0.1, 0.15) is 5.82 Å². The Hall–Kier alpha value is -2.84. The highest BCUT2D eigenvalue weighted by atomic mass is 35.5. The van der Waals surface area contributed by atoms with Crippen molar-refractivity contribution in [1.29, 1.82) is 0 Å². The molecule has 1 amide bonds. The first-order chi connectivity index (χ1) is 14.6. The Bertz CT molecular complexity index is 1220. The molecule has 1 saturated heterocycles. The molecule has 4 aromatic rings. The van der Waals surface area contributed by atoms with Crippen LogP contribution in [0.4, 0.5) is 0 Å². The standard InChI is InChI=1S/C21H19ClN6OS/c1-30-14-5-6-16-17(12-14)26-20(25-16)19-3-2-10-27(19)21(29)15-11-13(22)4-7-18(15)28-23-8-9-24-28/h4-9,11-12,19H,2-3,10H2,1H3,(H,25,26)/t19-/m0/s1. The number of imidazole rings is 1. The van der Waals surface area contributed by atoms with E-state index in [0.717, 1.165) is 29.7 Å². The van der Waals surface area contributed by atoms with Crippen LogP contribution in [0.5, 0.6) is 0 Å². The maximum absolute atomic E-state index is 13.6. The zero-order valence-corrected chi connectivity index (χ0v) is 17.8. The van der Waals surface area contributed by atoms with E-state index in [1.54, 1.807) is 42.4 Å². The Morgan fingerprint density at radius 3 is 2.83 bits per heavy atom. The molecule has 152 valence electrons. The summed E-state index contributed by atoms with van der Waals surface area (Å²) in [6.45, 7) is 0.662. The topological polar surface area (TPSA) is 79.7 Å². The number of thioether (sulfide) groups is 1. The molecule has 1 atom stereocenters. The Balaban J connectivity index is 1.51. The van der Waals surface area contributed by atoms with Crippen molar-refractivity contribution >= 4 is 40.3 Å². The number of amides is 1. The van der Waals surface area contributed by atoms with E-state index in [1.807, 2.05) is 17.2 Å². The van der Waals surface area contributed by atoms with Gasteiger partial charge in [0.25, 0.3) is 5.91 Å². The minimum atomic E-state index is -0.111. The Morgan fingerprint density at radius 1 is 1.20 bits per heavy atom. The summed E-state index contributed by atoms with van der Waals surface area (Å²) in [6, 6.07) is 11.2. The second-order valence-electron chi connectivity index (χ2n) is 7.14. The van der Waals surface area contributed by atoms with Crippen LogP contribution in [0, 0.1) is 0 Å². The molecule has 0 aliphatic carbocycles. The smallest absolute Gasteiger partial charge is 0.256 e. The summed E-state index contributed by atoms with van der Waals surface area (Å²) in [5, 5.41) is 8.86. The molecule has 5 rings (SSSR count). The van der Waals surface area contributed by atoms with E-state index >= 15 is 0 Å². The van der Waals surface area contributed by atoms with Crippen molar-refractivity contribution in [2.24, 2.45) is 0 Å². The minimum absolute atomic E-state index is 0.0995. The summed E-state index contributed by atoms with van der Waals surface area (Å²) in [6.07, 6.45) is 6.99. The number of carbonyl (C=O) groups is 1. The quantitative estimate of drug-likeness (QED) is 0.474. The maximum Gasteiger partial charge on any atom is 0.256 e. The molecule has 1 fully saturated rings. The fourth-order valence-corrected chi connectivity index (χ4v) is 4.55. The van der Waals surface area contributed by atoms with E-state index in [2.05, 4.69) is 27.3 Å². The molecule has 7 nitrogen and oxygen atoms in total. The molecule has 30 heavy (non-hydrogen) atoms. The van der Waals surface area contributed by atoms with Gasteiger partial charge in [0.2, 0.25) is 0 Å². The van der Waals surface area contributed by atoms with Crippen LogP contribution in [0.2, 0.25) is 5.02 Å². The van der Waals surface area contributed by atoms with E-state index in [0.29, 0.717) is 22.8 Å². The summed E-state index contributed by atoms with van der Waals surface area (Å²) < 4.78 is 0. The molecule has 1 aliphatic rings. The van der Waals surface area contributed by atoms with Gasteiger partial charge in [-0.3, -0.25) is 4.79 Å². The van der Waals surface area contributed by atoms with Crippen molar-refractivity contribution < 1.29 is 4.79 Å². The molecular weight excluding hydrogens is 420 g/mol. The Morgan fingerprint density at radius 2 is 2.03 bits per heavy atom. The predicted octanol–water partition coefficient (Wildman–Crippen LogP) is 4.50. The average Bonchev–Trinajstić information content (AvgIpc) is 3.52. The normalized spacial score (nSPS) is 16.5. The fraction of sp³-hybridized carbons (Fsp3) is 0.238. The number of hydrogen-bond donors (Lipinski definition) is 1. The monoisotopic (exact) mass is 438 g/mol. The summed E-state index contributed by atoms with van der Waals surface area (Å²) in [4.78, 5) is 26.3. The van der Waals surface area contributed by atoms with Crippen molar-refractivity contribution in [3.05, 3.63) is 65.2 Å². The second-order valence-corrected chi connectivity index (χ2v) is 8.46. The molecular formula is C21H19ClN6OS. The molecule has 1 N–H and O–H groups in total. The SMILES string of the molecule is CSc1ccc2nc([C@@H]3CCCN3C(=O)c3cc(Cl)ccc3-n3nccn3)[nH]c2c1. The maximum atomic E-state index is 13.6. The van der Waals surface area contributed by atoms with Gasteiger partial charge < -0.3 is 9.88 Å². The van der Waals surface area contributed by atoms with Crippen LogP contribution in [-0.4, -0.2) is 48.6 Å². The number of likely N-dealkylation sites (tertiary alicyclic amines) is 1. The molecule has 2 aromatic carbocycles. The number of nitrogens with zero attached hydrogens (tertiary/aromatic N) is 5. The van der Waals surface area contributed by atoms with Crippen LogP contribution >= 0.6 is 23.4 Å². The van der Waals surface area contributed by atoms with Crippen LogP contribution in [0.3, 0.4) is 0 Å². The lowest BCUT2D eigenvalue weighted by atomic mass is 10.1. The van der Waals surface area contributed by atoms with Gasteiger partial charge in [0.05, 0.1) is 40.7 Å².